The number of anilines is 1. The van der Waals surface area contributed by atoms with Crippen LogP contribution >= 0.6 is 0 Å². The predicted molar refractivity (Wildman–Crippen MR) is 68.6 cm³/mol. The van der Waals surface area contributed by atoms with Crippen LogP contribution in [0.3, 0.4) is 0 Å². The van der Waals surface area contributed by atoms with Gasteiger partial charge in [-0.05, 0) is 25.1 Å². The van der Waals surface area contributed by atoms with Crippen molar-refractivity contribution in [2.45, 2.75) is 6.92 Å². The summed E-state index contributed by atoms with van der Waals surface area (Å²) in [6.07, 6.45) is 0. The first-order valence-corrected chi connectivity index (χ1v) is 5.73. The van der Waals surface area contributed by atoms with E-state index in [1.165, 1.54) is 12.1 Å². The third-order valence-electron chi connectivity index (χ3n) is 2.22. The van der Waals surface area contributed by atoms with E-state index in [2.05, 4.69) is 10.6 Å². The number of aromatic carboxylic acids is 1. The molecule has 0 aromatic heterocycles. The van der Waals surface area contributed by atoms with Gasteiger partial charge in [0.25, 0.3) is 0 Å². The molecule has 0 aliphatic heterocycles. The van der Waals surface area contributed by atoms with Crippen LogP contribution in [-0.2, 0) is 4.74 Å². The minimum absolute atomic E-state index is 0.110. The monoisotopic (exact) mass is 268 g/mol. The summed E-state index contributed by atoms with van der Waals surface area (Å²) in [7, 11) is 0. The Morgan fingerprint density at radius 1 is 1.37 bits per heavy atom. The number of nitrogens with one attached hydrogen (secondary N) is 2. The molecule has 0 spiro atoms. The van der Waals surface area contributed by atoms with Gasteiger partial charge in [-0.3, -0.25) is 0 Å². The standard InChI is InChI=1S/C12H16N2O5/c1-2-19-6-5-13-12(18)14-10-4-3-8(15)7-9(10)11(16)17/h3-4,7,15H,2,5-6H2,1H3,(H,16,17)(H2,13,14,18). The van der Waals surface area contributed by atoms with Crippen molar-refractivity contribution in [1.82, 2.24) is 5.32 Å². The number of aromatic hydroxyl groups is 1. The topological polar surface area (TPSA) is 108 Å². The van der Waals surface area contributed by atoms with E-state index in [0.717, 1.165) is 6.07 Å². The van der Waals surface area contributed by atoms with Crippen molar-refractivity contribution >= 4 is 17.7 Å². The molecule has 0 unspecified atom stereocenters. The molecule has 0 saturated carbocycles. The molecule has 0 aliphatic rings. The highest BCUT2D eigenvalue weighted by Crippen LogP contribution is 2.21. The molecule has 1 aromatic rings. The van der Waals surface area contributed by atoms with Crippen molar-refractivity contribution in [3.63, 3.8) is 0 Å². The second-order valence-corrected chi connectivity index (χ2v) is 3.61. The number of phenolic OH excluding ortho intramolecular Hbond substituents is 1. The molecule has 4 N–H and O–H groups in total. The number of rotatable bonds is 6. The fraction of sp³-hybridized carbons (Fsp3) is 0.333. The first-order valence-electron chi connectivity index (χ1n) is 5.73. The number of amides is 2. The van der Waals surface area contributed by atoms with Gasteiger partial charge >= 0.3 is 12.0 Å². The lowest BCUT2D eigenvalue weighted by molar-refractivity contribution is 0.0697. The average molecular weight is 268 g/mol. The number of hydrogen-bond acceptors (Lipinski definition) is 4. The molecule has 104 valence electrons. The van der Waals surface area contributed by atoms with E-state index in [1.54, 1.807) is 0 Å². The van der Waals surface area contributed by atoms with Crippen LogP contribution < -0.4 is 10.6 Å². The Labute approximate surface area is 110 Å². The van der Waals surface area contributed by atoms with Crippen LogP contribution in [0, 0.1) is 0 Å². The van der Waals surface area contributed by atoms with Gasteiger partial charge < -0.3 is 25.6 Å². The number of carboxylic acid groups (broad SMARTS) is 1. The van der Waals surface area contributed by atoms with E-state index in [1.807, 2.05) is 6.92 Å². The highest BCUT2D eigenvalue weighted by Gasteiger charge is 2.13. The van der Waals surface area contributed by atoms with Crippen molar-refractivity contribution in [2.24, 2.45) is 0 Å². The van der Waals surface area contributed by atoms with Crippen LogP contribution in [0.25, 0.3) is 0 Å². The van der Waals surface area contributed by atoms with Crippen molar-refractivity contribution in [3.05, 3.63) is 23.8 Å². The zero-order valence-corrected chi connectivity index (χ0v) is 10.5. The summed E-state index contributed by atoms with van der Waals surface area (Å²) in [6, 6.07) is 3.15. The van der Waals surface area contributed by atoms with Gasteiger partial charge in [0.05, 0.1) is 17.9 Å². The Hall–Kier alpha value is -2.28. The lowest BCUT2D eigenvalue weighted by Crippen LogP contribution is -2.32. The molecule has 2 amide bonds. The Balaban J connectivity index is 2.61. The lowest BCUT2D eigenvalue weighted by Gasteiger charge is -2.10. The smallest absolute Gasteiger partial charge is 0.337 e. The highest BCUT2D eigenvalue weighted by molar-refractivity contribution is 6.00. The van der Waals surface area contributed by atoms with Gasteiger partial charge in [-0.1, -0.05) is 0 Å². The summed E-state index contributed by atoms with van der Waals surface area (Å²) >= 11 is 0. The van der Waals surface area contributed by atoms with Crippen molar-refractivity contribution < 1.29 is 24.5 Å². The number of carbonyl (C=O) groups excluding carboxylic acids is 1. The Kier molecular flexibility index (Phi) is 5.62. The molecule has 0 fully saturated rings. The van der Waals surface area contributed by atoms with E-state index < -0.39 is 12.0 Å². The molecule has 19 heavy (non-hydrogen) atoms. The minimum Gasteiger partial charge on any atom is -0.508 e. The summed E-state index contributed by atoms with van der Waals surface area (Å²) in [5, 5.41) is 23.1. The van der Waals surface area contributed by atoms with Crippen LogP contribution in [0.5, 0.6) is 5.75 Å². The van der Waals surface area contributed by atoms with Gasteiger partial charge in [-0.25, -0.2) is 9.59 Å². The first-order chi connectivity index (χ1) is 9.04. The molecule has 0 aliphatic carbocycles. The molecule has 0 heterocycles. The molecule has 7 heteroatoms. The molecule has 7 nitrogen and oxygen atoms in total. The van der Waals surface area contributed by atoms with Crippen LogP contribution in [-0.4, -0.2) is 42.0 Å². The van der Waals surface area contributed by atoms with Crippen molar-refractivity contribution in [2.75, 3.05) is 25.1 Å². The van der Waals surface area contributed by atoms with E-state index >= 15 is 0 Å². The molecule has 1 rings (SSSR count). The first kappa shape index (κ1) is 14.8. The van der Waals surface area contributed by atoms with Gasteiger partial charge in [0.2, 0.25) is 0 Å². The number of carboxylic acids is 1. The van der Waals surface area contributed by atoms with E-state index in [-0.39, 0.29) is 17.0 Å². The lowest BCUT2D eigenvalue weighted by atomic mass is 10.1. The second kappa shape index (κ2) is 7.22. The number of ether oxygens (including phenoxy) is 1. The number of urea groups is 1. The molecule has 1 aromatic carbocycles. The zero-order chi connectivity index (χ0) is 14.3. The number of carbonyl (C=O) groups is 2. The molecule has 0 bridgehead atoms. The summed E-state index contributed by atoms with van der Waals surface area (Å²) in [6.45, 7) is 3.10. The third kappa shape index (κ3) is 4.84. The van der Waals surface area contributed by atoms with E-state index in [0.29, 0.717) is 19.8 Å². The maximum absolute atomic E-state index is 11.5. The van der Waals surface area contributed by atoms with Crippen LogP contribution in [0.1, 0.15) is 17.3 Å². The van der Waals surface area contributed by atoms with Gasteiger partial charge in [-0.15, -0.1) is 0 Å². The van der Waals surface area contributed by atoms with Crippen LogP contribution in [0.15, 0.2) is 18.2 Å². The Bertz CT molecular complexity index is 461. The van der Waals surface area contributed by atoms with Crippen molar-refractivity contribution in [3.8, 4) is 5.75 Å². The normalized spacial score (nSPS) is 9.95. The molecule has 0 saturated heterocycles. The van der Waals surface area contributed by atoms with Gasteiger partial charge in [-0.2, -0.15) is 0 Å². The summed E-state index contributed by atoms with van der Waals surface area (Å²) < 4.78 is 5.04. The quantitative estimate of drug-likeness (QED) is 0.458. The molecule has 0 atom stereocenters. The predicted octanol–water partition coefficient (Wildman–Crippen LogP) is 1.25. The fourth-order valence-corrected chi connectivity index (χ4v) is 1.37. The van der Waals surface area contributed by atoms with Crippen LogP contribution in [0.2, 0.25) is 0 Å². The summed E-state index contributed by atoms with van der Waals surface area (Å²) in [4.78, 5) is 22.5. The number of benzene rings is 1. The second-order valence-electron chi connectivity index (χ2n) is 3.61. The van der Waals surface area contributed by atoms with E-state index in [9.17, 15) is 14.7 Å². The maximum Gasteiger partial charge on any atom is 0.337 e. The Morgan fingerprint density at radius 2 is 2.11 bits per heavy atom. The van der Waals surface area contributed by atoms with Crippen molar-refractivity contribution in [1.29, 1.82) is 0 Å². The van der Waals surface area contributed by atoms with Gasteiger partial charge in [0, 0.05) is 13.2 Å². The van der Waals surface area contributed by atoms with E-state index in [4.69, 9.17) is 9.84 Å². The zero-order valence-electron chi connectivity index (χ0n) is 10.5. The molecular formula is C12H16N2O5. The molecule has 0 radical (unpaired) electrons. The van der Waals surface area contributed by atoms with Gasteiger partial charge in [0.15, 0.2) is 0 Å². The molecular weight excluding hydrogens is 252 g/mol. The minimum atomic E-state index is -1.24. The SMILES string of the molecule is CCOCCNC(=O)Nc1ccc(O)cc1C(=O)O. The fourth-order valence-electron chi connectivity index (χ4n) is 1.37. The largest absolute Gasteiger partial charge is 0.508 e. The summed E-state index contributed by atoms with van der Waals surface area (Å²) in [5.74, 6) is -1.42. The summed E-state index contributed by atoms with van der Waals surface area (Å²) in [5.41, 5.74) is -0.0702. The Morgan fingerprint density at radius 3 is 2.74 bits per heavy atom. The van der Waals surface area contributed by atoms with Gasteiger partial charge in [0.1, 0.15) is 5.75 Å². The highest BCUT2D eigenvalue weighted by atomic mass is 16.5. The average Bonchev–Trinajstić information content (AvgIpc) is 2.36. The van der Waals surface area contributed by atoms with Crippen LogP contribution in [0.4, 0.5) is 10.5 Å². The number of hydrogen-bond donors (Lipinski definition) is 4. The maximum atomic E-state index is 11.5. The third-order valence-corrected chi connectivity index (χ3v) is 2.22. The number of phenols is 1.